The summed E-state index contributed by atoms with van der Waals surface area (Å²) in [5.74, 6) is -0.585. The smallest absolute Gasteiger partial charge is 0.242 e. The maximum absolute atomic E-state index is 13.8. The minimum Gasteiger partial charge on any atom is -0.354 e. The van der Waals surface area contributed by atoms with E-state index in [1.165, 1.54) is 34.9 Å². The first-order valence-electron chi connectivity index (χ1n) is 10.1. The highest BCUT2D eigenvalue weighted by Gasteiger charge is 2.28. The summed E-state index contributed by atoms with van der Waals surface area (Å²) in [6.07, 6.45) is 1.26. The minimum atomic E-state index is -0.622. The van der Waals surface area contributed by atoms with Crippen molar-refractivity contribution in [2.45, 2.75) is 45.0 Å². The Kier molecular flexibility index (Phi) is 9.80. The molecule has 0 aliphatic heterocycles. The van der Waals surface area contributed by atoms with E-state index in [2.05, 4.69) is 5.32 Å². The Morgan fingerprint density at radius 3 is 2.40 bits per heavy atom. The Morgan fingerprint density at radius 2 is 1.77 bits per heavy atom. The van der Waals surface area contributed by atoms with Crippen molar-refractivity contribution in [2.24, 2.45) is 0 Å². The lowest BCUT2D eigenvalue weighted by Gasteiger charge is -2.30. The van der Waals surface area contributed by atoms with Crippen molar-refractivity contribution in [2.75, 3.05) is 12.3 Å². The molecule has 0 saturated heterocycles. The van der Waals surface area contributed by atoms with Crippen molar-refractivity contribution in [3.63, 3.8) is 0 Å². The van der Waals surface area contributed by atoms with Gasteiger partial charge in [-0.1, -0.05) is 44.2 Å². The molecule has 0 fully saturated rings. The summed E-state index contributed by atoms with van der Waals surface area (Å²) in [4.78, 5) is 27.2. The van der Waals surface area contributed by atoms with E-state index in [0.29, 0.717) is 24.3 Å². The Hall–Kier alpha value is -2.41. The van der Waals surface area contributed by atoms with Crippen molar-refractivity contribution in [1.29, 1.82) is 0 Å². The number of rotatable bonds is 11. The van der Waals surface area contributed by atoms with Gasteiger partial charge < -0.3 is 10.2 Å². The Morgan fingerprint density at radius 1 is 1.07 bits per heavy atom. The summed E-state index contributed by atoms with van der Waals surface area (Å²) in [6, 6.07) is 11.7. The second-order valence-corrected chi connectivity index (χ2v) is 7.93. The van der Waals surface area contributed by atoms with E-state index in [0.717, 1.165) is 12.0 Å². The number of benzene rings is 2. The van der Waals surface area contributed by atoms with Crippen LogP contribution in [0, 0.1) is 11.6 Å². The van der Waals surface area contributed by atoms with Gasteiger partial charge in [-0.05, 0) is 42.2 Å². The maximum Gasteiger partial charge on any atom is 0.242 e. The summed E-state index contributed by atoms with van der Waals surface area (Å²) in [6.45, 7) is 4.56. The molecular formula is C23H28F2N2O2S. The van der Waals surface area contributed by atoms with Crippen LogP contribution in [-0.4, -0.2) is 35.1 Å². The van der Waals surface area contributed by atoms with E-state index in [4.69, 9.17) is 0 Å². The zero-order valence-electron chi connectivity index (χ0n) is 17.4. The predicted octanol–water partition coefficient (Wildman–Crippen LogP) is 4.53. The van der Waals surface area contributed by atoms with Gasteiger partial charge in [0, 0.05) is 18.8 Å². The van der Waals surface area contributed by atoms with Crippen molar-refractivity contribution < 1.29 is 18.4 Å². The van der Waals surface area contributed by atoms with Crippen molar-refractivity contribution in [1.82, 2.24) is 10.2 Å². The molecule has 2 rings (SSSR count). The van der Waals surface area contributed by atoms with Crippen LogP contribution in [0.25, 0.3) is 0 Å². The SMILES string of the molecule is CCCNC(=O)C(CC)N(Cc1ccc(F)cc1)C(=O)CSCc1ccccc1F. The fraction of sp³-hybridized carbons (Fsp3) is 0.391. The molecule has 0 spiro atoms. The first-order chi connectivity index (χ1) is 14.5. The van der Waals surface area contributed by atoms with Crippen LogP contribution in [-0.2, 0) is 21.9 Å². The van der Waals surface area contributed by atoms with E-state index in [9.17, 15) is 18.4 Å². The molecule has 0 aromatic heterocycles. The lowest BCUT2D eigenvalue weighted by atomic mass is 10.1. The van der Waals surface area contributed by atoms with E-state index >= 15 is 0 Å². The molecule has 2 aromatic rings. The van der Waals surface area contributed by atoms with Crippen LogP contribution < -0.4 is 5.32 Å². The summed E-state index contributed by atoms with van der Waals surface area (Å²) in [5.41, 5.74) is 1.28. The molecule has 2 amide bonds. The van der Waals surface area contributed by atoms with Crippen molar-refractivity contribution >= 4 is 23.6 Å². The molecule has 4 nitrogen and oxygen atoms in total. The molecule has 1 unspecified atom stereocenters. The van der Waals surface area contributed by atoms with Crippen LogP contribution in [0.4, 0.5) is 8.78 Å². The molecule has 0 heterocycles. The third kappa shape index (κ3) is 7.13. The second-order valence-electron chi connectivity index (χ2n) is 6.95. The third-order valence-corrected chi connectivity index (χ3v) is 5.61. The minimum absolute atomic E-state index is 0.118. The van der Waals surface area contributed by atoms with Gasteiger partial charge in [-0.25, -0.2) is 8.78 Å². The van der Waals surface area contributed by atoms with Gasteiger partial charge in [0.1, 0.15) is 17.7 Å². The lowest BCUT2D eigenvalue weighted by Crippen LogP contribution is -2.49. The normalized spacial score (nSPS) is 11.7. The maximum atomic E-state index is 13.8. The lowest BCUT2D eigenvalue weighted by molar-refractivity contribution is -0.139. The zero-order valence-corrected chi connectivity index (χ0v) is 18.2. The molecule has 2 aromatic carbocycles. The number of nitrogens with zero attached hydrogens (tertiary/aromatic N) is 1. The summed E-state index contributed by atoms with van der Waals surface area (Å²) < 4.78 is 27.1. The Labute approximate surface area is 181 Å². The number of nitrogens with one attached hydrogen (secondary N) is 1. The van der Waals surface area contributed by atoms with Crippen molar-refractivity contribution in [3.8, 4) is 0 Å². The fourth-order valence-corrected chi connectivity index (χ4v) is 3.92. The zero-order chi connectivity index (χ0) is 21.9. The van der Waals surface area contributed by atoms with Crippen LogP contribution in [0.1, 0.15) is 37.8 Å². The van der Waals surface area contributed by atoms with Gasteiger partial charge in [0.15, 0.2) is 0 Å². The molecule has 30 heavy (non-hydrogen) atoms. The van der Waals surface area contributed by atoms with Crippen LogP contribution in [0.15, 0.2) is 48.5 Å². The van der Waals surface area contributed by atoms with E-state index in [1.807, 2.05) is 13.8 Å². The monoisotopic (exact) mass is 434 g/mol. The first kappa shape index (κ1) is 23.9. The number of hydrogen-bond donors (Lipinski definition) is 1. The molecule has 0 saturated carbocycles. The Bertz CT molecular complexity index is 830. The van der Waals surface area contributed by atoms with Gasteiger partial charge in [0.2, 0.25) is 11.8 Å². The average Bonchev–Trinajstić information content (AvgIpc) is 2.74. The van der Waals surface area contributed by atoms with Crippen LogP contribution in [0.2, 0.25) is 0 Å². The van der Waals surface area contributed by atoms with Gasteiger partial charge in [-0.15, -0.1) is 11.8 Å². The largest absolute Gasteiger partial charge is 0.354 e. The number of halogens is 2. The molecule has 0 bridgehead atoms. The van der Waals surface area contributed by atoms with Gasteiger partial charge in [0.05, 0.1) is 5.75 Å². The topological polar surface area (TPSA) is 49.4 Å². The van der Waals surface area contributed by atoms with Crippen LogP contribution in [0.3, 0.4) is 0 Å². The standard InChI is InChI=1S/C23H28F2N2O2S/c1-3-13-26-23(29)21(4-2)27(14-17-9-11-19(24)12-10-17)22(28)16-30-15-18-7-5-6-8-20(18)25/h5-12,21H,3-4,13-16H2,1-2H3,(H,26,29). The highest BCUT2D eigenvalue weighted by molar-refractivity contribution is 7.99. The van der Waals surface area contributed by atoms with Gasteiger partial charge in [0.25, 0.3) is 0 Å². The third-order valence-electron chi connectivity index (χ3n) is 4.64. The van der Waals surface area contributed by atoms with Gasteiger partial charge in [-0.3, -0.25) is 9.59 Å². The molecule has 1 atom stereocenters. The van der Waals surface area contributed by atoms with E-state index in [1.54, 1.807) is 30.3 Å². The Balaban J connectivity index is 2.11. The molecule has 1 N–H and O–H groups in total. The highest BCUT2D eigenvalue weighted by atomic mass is 32.2. The second kappa shape index (κ2) is 12.3. The molecule has 0 radical (unpaired) electrons. The number of carbonyl (C=O) groups excluding carboxylic acids is 2. The highest BCUT2D eigenvalue weighted by Crippen LogP contribution is 2.19. The molecular weight excluding hydrogens is 406 g/mol. The number of hydrogen-bond acceptors (Lipinski definition) is 3. The summed E-state index contributed by atoms with van der Waals surface area (Å²) >= 11 is 1.30. The number of amides is 2. The van der Waals surface area contributed by atoms with Crippen LogP contribution in [0.5, 0.6) is 0 Å². The van der Waals surface area contributed by atoms with Crippen molar-refractivity contribution in [3.05, 3.63) is 71.3 Å². The summed E-state index contributed by atoms with van der Waals surface area (Å²) in [5, 5.41) is 2.85. The molecule has 162 valence electrons. The molecule has 0 aliphatic rings. The van der Waals surface area contributed by atoms with Crippen LogP contribution >= 0.6 is 11.8 Å². The number of carbonyl (C=O) groups is 2. The first-order valence-corrected chi connectivity index (χ1v) is 11.2. The average molecular weight is 435 g/mol. The molecule has 7 heteroatoms. The van der Waals surface area contributed by atoms with Gasteiger partial charge >= 0.3 is 0 Å². The van der Waals surface area contributed by atoms with Gasteiger partial charge in [-0.2, -0.15) is 0 Å². The number of thioether (sulfide) groups is 1. The quantitative estimate of drug-likeness (QED) is 0.565. The fourth-order valence-electron chi connectivity index (χ4n) is 3.02. The van der Waals surface area contributed by atoms with E-state index < -0.39 is 6.04 Å². The van der Waals surface area contributed by atoms with E-state index in [-0.39, 0.29) is 35.7 Å². The predicted molar refractivity (Wildman–Crippen MR) is 117 cm³/mol. The molecule has 0 aliphatic carbocycles. The summed E-state index contributed by atoms with van der Waals surface area (Å²) in [7, 11) is 0.